The maximum Gasteiger partial charge on any atom is 0.419 e. The van der Waals surface area contributed by atoms with Gasteiger partial charge in [0.05, 0.1) is 12.6 Å². The molecule has 0 saturated heterocycles. The molecule has 3 aromatic carbocycles. The van der Waals surface area contributed by atoms with Crippen LogP contribution in [0.2, 0.25) is 0 Å². The van der Waals surface area contributed by atoms with Crippen LogP contribution in [0.1, 0.15) is 43.9 Å². The Labute approximate surface area is 205 Å². The van der Waals surface area contributed by atoms with E-state index >= 15 is 0 Å². The molecule has 1 aromatic heterocycles. The van der Waals surface area contributed by atoms with E-state index in [0.717, 1.165) is 22.1 Å². The lowest BCUT2D eigenvalue weighted by molar-refractivity contribution is -0.144. The SMILES string of the molecule is COC(=O)[C@]1(c2cn(C(=O)OC(C)(C)C)c3ccccc23)CC1(c1ccccc1)c1ccccc1. The summed E-state index contributed by atoms with van der Waals surface area (Å²) in [5, 5.41) is 0.831. The number of para-hydroxylation sites is 1. The third-order valence-electron chi connectivity index (χ3n) is 6.96. The number of rotatable bonds is 4. The summed E-state index contributed by atoms with van der Waals surface area (Å²) in [4.78, 5) is 27.0. The molecule has 1 fully saturated rings. The van der Waals surface area contributed by atoms with Gasteiger partial charge in [0, 0.05) is 17.0 Å². The van der Waals surface area contributed by atoms with Crippen LogP contribution in [0, 0.1) is 0 Å². The fraction of sp³-hybridized carbons (Fsp3) is 0.267. The second-order valence-electron chi connectivity index (χ2n) is 10.1. The van der Waals surface area contributed by atoms with Crippen LogP contribution in [0.3, 0.4) is 0 Å². The summed E-state index contributed by atoms with van der Waals surface area (Å²) >= 11 is 0. The van der Waals surface area contributed by atoms with Crippen LogP contribution in [0.5, 0.6) is 0 Å². The lowest BCUT2D eigenvalue weighted by atomic mass is 9.77. The van der Waals surface area contributed by atoms with E-state index in [1.165, 1.54) is 11.7 Å². The van der Waals surface area contributed by atoms with E-state index in [2.05, 4.69) is 24.3 Å². The third kappa shape index (κ3) is 3.45. The Morgan fingerprint density at radius 1 is 0.829 bits per heavy atom. The van der Waals surface area contributed by atoms with E-state index in [1.54, 1.807) is 6.20 Å². The molecule has 1 saturated carbocycles. The van der Waals surface area contributed by atoms with Crippen LogP contribution < -0.4 is 0 Å². The molecule has 0 amide bonds. The molecular formula is C30H29NO4. The number of nitrogens with zero attached hydrogens (tertiary/aromatic N) is 1. The third-order valence-corrected chi connectivity index (χ3v) is 6.96. The van der Waals surface area contributed by atoms with Gasteiger partial charge in [0.2, 0.25) is 0 Å². The molecule has 0 unspecified atom stereocenters. The lowest BCUT2D eigenvalue weighted by Gasteiger charge is -2.25. The second-order valence-corrected chi connectivity index (χ2v) is 10.1. The summed E-state index contributed by atoms with van der Waals surface area (Å²) in [6.45, 7) is 5.51. The number of hydrogen-bond acceptors (Lipinski definition) is 4. The predicted molar refractivity (Wildman–Crippen MR) is 136 cm³/mol. The molecule has 1 aliphatic rings. The van der Waals surface area contributed by atoms with Gasteiger partial charge >= 0.3 is 12.1 Å². The van der Waals surface area contributed by atoms with Gasteiger partial charge in [-0.25, -0.2) is 4.79 Å². The average molecular weight is 468 g/mol. The number of methoxy groups -OCH3 is 1. The Hall–Kier alpha value is -3.86. The first-order valence-electron chi connectivity index (χ1n) is 11.8. The molecule has 178 valence electrons. The Balaban J connectivity index is 1.79. The molecule has 5 heteroatoms. The van der Waals surface area contributed by atoms with Crippen molar-refractivity contribution in [1.29, 1.82) is 0 Å². The molecule has 0 aliphatic heterocycles. The van der Waals surface area contributed by atoms with E-state index < -0.39 is 22.5 Å². The fourth-order valence-corrected chi connectivity index (χ4v) is 5.50. The van der Waals surface area contributed by atoms with Gasteiger partial charge in [0.15, 0.2) is 0 Å². The van der Waals surface area contributed by atoms with Gasteiger partial charge in [0.1, 0.15) is 11.0 Å². The minimum absolute atomic E-state index is 0.322. The van der Waals surface area contributed by atoms with Gasteiger partial charge in [-0.05, 0) is 49.9 Å². The van der Waals surface area contributed by atoms with Crippen LogP contribution in [0.4, 0.5) is 4.79 Å². The van der Waals surface area contributed by atoms with Crippen molar-refractivity contribution in [3.05, 3.63) is 108 Å². The van der Waals surface area contributed by atoms with E-state index in [4.69, 9.17) is 9.47 Å². The van der Waals surface area contributed by atoms with Crippen LogP contribution in [-0.2, 0) is 25.1 Å². The molecule has 5 nitrogen and oxygen atoms in total. The van der Waals surface area contributed by atoms with Crippen LogP contribution in [0.25, 0.3) is 10.9 Å². The number of esters is 1. The highest BCUT2D eigenvalue weighted by Crippen LogP contribution is 2.70. The molecule has 0 spiro atoms. The van der Waals surface area contributed by atoms with E-state index in [9.17, 15) is 9.59 Å². The van der Waals surface area contributed by atoms with Gasteiger partial charge in [-0.3, -0.25) is 9.36 Å². The van der Waals surface area contributed by atoms with Crippen LogP contribution >= 0.6 is 0 Å². The maximum absolute atomic E-state index is 13.8. The predicted octanol–water partition coefficient (Wildman–Crippen LogP) is 6.23. The number of carbonyl (C=O) groups excluding carboxylic acids is 2. The van der Waals surface area contributed by atoms with Crippen LogP contribution in [-0.4, -0.2) is 29.3 Å². The molecule has 0 N–H and O–H groups in total. The molecule has 5 rings (SSSR count). The first-order chi connectivity index (χ1) is 16.7. The summed E-state index contributed by atoms with van der Waals surface area (Å²) in [7, 11) is 1.43. The first kappa shape index (κ1) is 22.9. The second kappa shape index (κ2) is 8.12. The molecule has 1 aliphatic carbocycles. The normalized spacial score (nSPS) is 18.7. The summed E-state index contributed by atoms with van der Waals surface area (Å²) in [6, 6.07) is 27.8. The summed E-state index contributed by atoms with van der Waals surface area (Å²) in [5.41, 5.74) is 1.24. The quantitative estimate of drug-likeness (QED) is 0.334. The Kier molecular flexibility index (Phi) is 5.32. The van der Waals surface area contributed by atoms with Crippen molar-refractivity contribution in [1.82, 2.24) is 4.57 Å². The number of carbonyl (C=O) groups is 2. The zero-order valence-corrected chi connectivity index (χ0v) is 20.4. The minimum atomic E-state index is -1.00. The van der Waals surface area contributed by atoms with Crippen LogP contribution in [0.15, 0.2) is 91.1 Å². The van der Waals surface area contributed by atoms with Gasteiger partial charge in [-0.2, -0.15) is 0 Å². The number of ether oxygens (including phenoxy) is 2. The monoisotopic (exact) mass is 467 g/mol. The largest absolute Gasteiger partial charge is 0.468 e. The van der Waals surface area contributed by atoms with Crippen molar-refractivity contribution >= 4 is 23.0 Å². The van der Waals surface area contributed by atoms with E-state index in [1.807, 2.05) is 81.4 Å². The zero-order valence-electron chi connectivity index (χ0n) is 20.4. The Bertz CT molecular complexity index is 1360. The topological polar surface area (TPSA) is 57.5 Å². The smallest absolute Gasteiger partial charge is 0.419 e. The first-order valence-corrected chi connectivity index (χ1v) is 11.8. The highest BCUT2D eigenvalue weighted by atomic mass is 16.6. The molecule has 0 radical (unpaired) electrons. The highest BCUT2D eigenvalue weighted by molar-refractivity contribution is 6.01. The minimum Gasteiger partial charge on any atom is -0.468 e. The highest BCUT2D eigenvalue weighted by Gasteiger charge is 2.75. The number of fused-ring (bicyclic) bond motifs is 1. The summed E-state index contributed by atoms with van der Waals surface area (Å²) in [5.74, 6) is -0.322. The van der Waals surface area contributed by atoms with Gasteiger partial charge in [0.25, 0.3) is 0 Å². The number of benzene rings is 3. The molecule has 0 bridgehead atoms. The maximum atomic E-state index is 13.8. The van der Waals surface area contributed by atoms with E-state index in [-0.39, 0.29) is 5.97 Å². The molecule has 1 atom stereocenters. The van der Waals surface area contributed by atoms with Crippen molar-refractivity contribution in [3.63, 3.8) is 0 Å². The zero-order chi connectivity index (χ0) is 24.8. The average Bonchev–Trinajstić information content (AvgIpc) is 3.42. The Morgan fingerprint density at radius 3 is 1.91 bits per heavy atom. The van der Waals surface area contributed by atoms with Gasteiger partial charge in [-0.1, -0.05) is 78.9 Å². The lowest BCUT2D eigenvalue weighted by Crippen LogP contribution is -2.33. The molecule has 1 heterocycles. The standard InChI is InChI=1S/C30H29NO4/c1-28(2,3)35-27(33)31-19-24(23-17-11-12-18-25(23)31)30(26(32)34-4)20-29(30,21-13-7-5-8-14-21)22-15-9-6-10-16-22/h5-19H,20H2,1-4H3/t30-/m1/s1. The van der Waals surface area contributed by atoms with Crippen molar-refractivity contribution in [2.24, 2.45) is 0 Å². The van der Waals surface area contributed by atoms with Crippen molar-refractivity contribution in [2.75, 3.05) is 7.11 Å². The number of hydrogen-bond donors (Lipinski definition) is 0. The van der Waals surface area contributed by atoms with Crippen molar-refractivity contribution < 1.29 is 19.1 Å². The van der Waals surface area contributed by atoms with E-state index in [0.29, 0.717) is 11.9 Å². The van der Waals surface area contributed by atoms with Gasteiger partial charge < -0.3 is 9.47 Å². The molecular weight excluding hydrogens is 438 g/mol. The molecule has 35 heavy (non-hydrogen) atoms. The van der Waals surface area contributed by atoms with Gasteiger partial charge in [-0.15, -0.1) is 0 Å². The number of aromatic nitrogens is 1. The van der Waals surface area contributed by atoms with Crippen molar-refractivity contribution in [2.45, 2.75) is 43.6 Å². The summed E-state index contributed by atoms with van der Waals surface area (Å²) in [6.07, 6.45) is 1.82. The Morgan fingerprint density at radius 2 is 1.37 bits per heavy atom. The van der Waals surface area contributed by atoms with Crippen molar-refractivity contribution in [3.8, 4) is 0 Å². The summed E-state index contributed by atoms with van der Waals surface area (Å²) < 4.78 is 12.7. The fourth-order valence-electron chi connectivity index (χ4n) is 5.50. The molecule has 4 aromatic rings.